The number of carbonyl (C=O) groups excluding carboxylic acids is 1. The number of hydrogen-bond donors (Lipinski definition) is 2. The summed E-state index contributed by atoms with van der Waals surface area (Å²) in [7, 11) is -2.04. The smallest absolute Gasteiger partial charge is 0.261 e. The van der Waals surface area contributed by atoms with Crippen molar-refractivity contribution in [3.8, 4) is 0 Å². The van der Waals surface area contributed by atoms with Crippen molar-refractivity contribution in [2.24, 2.45) is 7.05 Å². The lowest BCUT2D eigenvalue weighted by Crippen LogP contribution is -2.15. The molecule has 9 heteroatoms. The molecule has 0 unspecified atom stereocenters. The van der Waals surface area contributed by atoms with E-state index in [-0.39, 0.29) is 16.5 Å². The molecule has 2 aromatic carbocycles. The maximum Gasteiger partial charge on any atom is 0.261 e. The molecule has 3 aromatic rings. The Labute approximate surface area is 155 Å². The van der Waals surface area contributed by atoms with Crippen molar-refractivity contribution >= 4 is 38.9 Å². The van der Waals surface area contributed by atoms with Gasteiger partial charge in [-0.05, 0) is 42.5 Å². The lowest BCUT2D eigenvalue weighted by atomic mass is 10.2. The van der Waals surface area contributed by atoms with Crippen LogP contribution in [-0.4, -0.2) is 24.1 Å². The van der Waals surface area contributed by atoms with Gasteiger partial charge in [0.1, 0.15) is 0 Å². The maximum absolute atomic E-state index is 12.4. The Morgan fingerprint density at radius 1 is 1.12 bits per heavy atom. The molecule has 0 spiro atoms. The highest BCUT2D eigenvalue weighted by atomic mass is 35.5. The van der Waals surface area contributed by atoms with Gasteiger partial charge in [-0.2, -0.15) is 5.10 Å². The summed E-state index contributed by atoms with van der Waals surface area (Å²) in [5, 5.41) is 7.11. The minimum Gasteiger partial charge on any atom is -0.319 e. The van der Waals surface area contributed by atoms with Crippen LogP contribution in [0.3, 0.4) is 0 Å². The number of carbonyl (C=O) groups is 1. The summed E-state index contributed by atoms with van der Waals surface area (Å²) in [4.78, 5) is 12.4. The van der Waals surface area contributed by atoms with Crippen molar-refractivity contribution in [3.63, 3.8) is 0 Å². The number of nitrogens with one attached hydrogen (secondary N) is 2. The average Bonchev–Trinajstić information content (AvgIpc) is 3.00. The number of sulfonamides is 1. The van der Waals surface area contributed by atoms with Gasteiger partial charge in [0.05, 0.1) is 16.8 Å². The first kappa shape index (κ1) is 18.0. The van der Waals surface area contributed by atoms with Gasteiger partial charge in [-0.1, -0.05) is 17.7 Å². The summed E-state index contributed by atoms with van der Waals surface area (Å²) in [5.74, 6) is -0.370. The second-order valence-electron chi connectivity index (χ2n) is 5.50. The standard InChI is InChI=1S/C17H15ClN4O3S/c1-22-11-15(10-19-22)20-17(23)12-3-2-4-14(9-12)21-26(24,25)16-7-5-13(18)6-8-16/h2-11,21H,1H3,(H,20,23). The van der Waals surface area contributed by atoms with E-state index in [2.05, 4.69) is 15.1 Å². The summed E-state index contributed by atoms with van der Waals surface area (Å²) in [6, 6.07) is 12.0. The molecule has 0 bridgehead atoms. The van der Waals surface area contributed by atoms with E-state index in [4.69, 9.17) is 11.6 Å². The third-order valence-electron chi connectivity index (χ3n) is 3.46. The van der Waals surface area contributed by atoms with Crippen molar-refractivity contribution in [1.82, 2.24) is 9.78 Å². The van der Waals surface area contributed by atoms with Crippen molar-refractivity contribution in [2.45, 2.75) is 4.90 Å². The van der Waals surface area contributed by atoms with Crippen molar-refractivity contribution in [3.05, 3.63) is 71.5 Å². The fraction of sp³-hybridized carbons (Fsp3) is 0.0588. The molecule has 134 valence electrons. The van der Waals surface area contributed by atoms with Gasteiger partial charge in [-0.25, -0.2) is 8.42 Å². The number of aryl methyl sites for hydroxylation is 1. The predicted octanol–water partition coefficient (Wildman–Crippen LogP) is 3.13. The molecule has 1 heterocycles. The molecule has 0 aliphatic heterocycles. The van der Waals surface area contributed by atoms with Gasteiger partial charge in [-0.15, -0.1) is 0 Å². The van der Waals surface area contributed by atoms with Crippen LogP contribution in [0.5, 0.6) is 0 Å². The van der Waals surface area contributed by atoms with E-state index in [1.165, 1.54) is 36.5 Å². The number of benzene rings is 2. The minimum absolute atomic E-state index is 0.0760. The third-order valence-corrected chi connectivity index (χ3v) is 5.11. The first-order valence-electron chi connectivity index (χ1n) is 7.52. The number of amides is 1. The number of rotatable bonds is 5. The minimum atomic E-state index is -3.78. The van der Waals surface area contributed by atoms with Crippen molar-refractivity contribution in [1.29, 1.82) is 0 Å². The predicted molar refractivity (Wildman–Crippen MR) is 99.9 cm³/mol. The van der Waals surface area contributed by atoms with Gasteiger partial charge in [0.15, 0.2) is 0 Å². The molecule has 1 amide bonds. The molecule has 0 radical (unpaired) electrons. The average molecular weight is 391 g/mol. The second-order valence-corrected chi connectivity index (χ2v) is 7.62. The lowest BCUT2D eigenvalue weighted by Gasteiger charge is -2.10. The number of anilines is 2. The normalized spacial score (nSPS) is 11.2. The SMILES string of the molecule is Cn1cc(NC(=O)c2cccc(NS(=O)(=O)c3ccc(Cl)cc3)c2)cn1. The van der Waals surface area contributed by atoms with Crippen molar-refractivity contribution in [2.75, 3.05) is 10.0 Å². The van der Waals surface area contributed by atoms with Crippen molar-refractivity contribution < 1.29 is 13.2 Å². The van der Waals surface area contributed by atoms with Crippen LogP contribution < -0.4 is 10.0 Å². The van der Waals surface area contributed by atoms with Crippen LogP contribution in [0.25, 0.3) is 0 Å². The summed E-state index contributed by atoms with van der Waals surface area (Å²) in [6.45, 7) is 0. The maximum atomic E-state index is 12.4. The molecule has 7 nitrogen and oxygen atoms in total. The zero-order valence-electron chi connectivity index (χ0n) is 13.7. The van der Waals surface area contributed by atoms with Crippen LogP contribution in [0, 0.1) is 0 Å². The van der Waals surface area contributed by atoms with E-state index in [1.54, 1.807) is 36.1 Å². The molecule has 0 fully saturated rings. The molecular formula is C17H15ClN4O3S. The number of halogens is 1. The Morgan fingerprint density at radius 2 is 1.85 bits per heavy atom. The van der Waals surface area contributed by atoms with Gasteiger partial charge < -0.3 is 5.32 Å². The number of aromatic nitrogens is 2. The number of nitrogens with zero attached hydrogens (tertiary/aromatic N) is 2. The van der Waals surface area contributed by atoms with E-state index in [0.29, 0.717) is 16.3 Å². The van der Waals surface area contributed by atoms with E-state index in [0.717, 1.165) is 0 Å². The Morgan fingerprint density at radius 3 is 2.50 bits per heavy atom. The number of hydrogen-bond acceptors (Lipinski definition) is 4. The molecule has 0 saturated carbocycles. The van der Waals surface area contributed by atoms with Crippen LogP contribution in [-0.2, 0) is 17.1 Å². The Balaban J connectivity index is 1.78. The van der Waals surface area contributed by atoms with Crippen LogP contribution in [0.2, 0.25) is 5.02 Å². The second kappa shape index (κ2) is 7.19. The van der Waals surface area contributed by atoms with Crippen LogP contribution in [0.1, 0.15) is 10.4 Å². The zero-order valence-corrected chi connectivity index (χ0v) is 15.3. The first-order valence-corrected chi connectivity index (χ1v) is 9.38. The molecule has 26 heavy (non-hydrogen) atoms. The molecule has 1 aromatic heterocycles. The largest absolute Gasteiger partial charge is 0.319 e. The van der Waals surface area contributed by atoms with Crippen LogP contribution >= 0.6 is 11.6 Å². The van der Waals surface area contributed by atoms with E-state index >= 15 is 0 Å². The fourth-order valence-corrected chi connectivity index (χ4v) is 3.42. The Kier molecular flexibility index (Phi) is 4.97. The third kappa shape index (κ3) is 4.22. The molecule has 0 aliphatic carbocycles. The molecule has 0 saturated heterocycles. The summed E-state index contributed by atoms with van der Waals surface area (Å²) < 4.78 is 28.9. The first-order chi connectivity index (χ1) is 12.3. The van der Waals surface area contributed by atoms with E-state index in [9.17, 15) is 13.2 Å². The van der Waals surface area contributed by atoms with Gasteiger partial charge in [-0.3, -0.25) is 14.2 Å². The molecular weight excluding hydrogens is 376 g/mol. The summed E-state index contributed by atoms with van der Waals surface area (Å²) >= 11 is 5.78. The quantitative estimate of drug-likeness (QED) is 0.699. The molecule has 0 atom stereocenters. The van der Waals surface area contributed by atoms with Gasteiger partial charge in [0.25, 0.3) is 15.9 Å². The highest BCUT2D eigenvalue weighted by Gasteiger charge is 2.15. The zero-order chi connectivity index (χ0) is 18.7. The van der Waals surface area contributed by atoms with Gasteiger partial charge in [0.2, 0.25) is 0 Å². The van der Waals surface area contributed by atoms with E-state index < -0.39 is 10.0 Å². The Bertz CT molecular complexity index is 1050. The van der Waals surface area contributed by atoms with Crippen LogP contribution in [0.15, 0.2) is 65.8 Å². The van der Waals surface area contributed by atoms with Crippen LogP contribution in [0.4, 0.5) is 11.4 Å². The lowest BCUT2D eigenvalue weighted by molar-refractivity contribution is 0.102. The topological polar surface area (TPSA) is 93.1 Å². The summed E-state index contributed by atoms with van der Waals surface area (Å²) in [5.41, 5.74) is 1.13. The fourth-order valence-electron chi connectivity index (χ4n) is 2.24. The Hall–Kier alpha value is -2.84. The summed E-state index contributed by atoms with van der Waals surface area (Å²) in [6.07, 6.45) is 3.18. The van der Waals surface area contributed by atoms with Gasteiger partial charge in [0, 0.05) is 29.5 Å². The molecule has 2 N–H and O–H groups in total. The highest BCUT2D eigenvalue weighted by molar-refractivity contribution is 7.92. The van der Waals surface area contributed by atoms with E-state index in [1.807, 2.05) is 0 Å². The monoisotopic (exact) mass is 390 g/mol. The van der Waals surface area contributed by atoms with Gasteiger partial charge >= 0.3 is 0 Å². The highest BCUT2D eigenvalue weighted by Crippen LogP contribution is 2.19. The molecule has 0 aliphatic rings. The molecule has 3 rings (SSSR count).